The molecule has 3 aliphatic rings. The fourth-order valence-corrected chi connectivity index (χ4v) is 9.51. The van der Waals surface area contributed by atoms with Crippen LogP contribution in [0.25, 0.3) is 0 Å². The number of benzene rings is 1. The molecule has 0 aromatic heterocycles. The highest BCUT2D eigenvalue weighted by atomic mass is 32.2. The van der Waals surface area contributed by atoms with Gasteiger partial charge in [-0.2, -0.15) is 0 Å². The van der Waals surface area contributed by atoms with E-state index in [1.54, 1.807) is 28.4 Å². The maximum Gasteiger partial charge on any atom is 0.410 e. The topological polar surface area (TPSA) is 55.8 Å². The number of carbonyl (C=O) groups is 2. The van der Waals surface area contributed by atoms with Gasteiger partial charge in [0, 0.05) is 13.2 Å². The van der Waals surface area contributed by atoms with E-state index in [9.17, 15) is 9.59 Å². The SMILES string of the molecule is CC(C)(C)[Si](C)(C)OCC[C@H]1CN(C(=O)OCc2ccccc2)[C@H]2C(=O)C3(C[C@@H]12)SCCCS3. The molecule has 34 heavy (non-hydrogen) atoms. The van der Waals surface area contributed by atoms with Gasteiger partial charge in [0.2, 0.25) is 0 Å². The van der Waals surface area contributed by atoms with Crippen LogP contribution < -0.4 is 0 Å². The molecule has 1 aliphatic carbocycles. The summed E-state index contributed by atoms with van der Waals surface area (Å²) in [7, 11) is -1.83. The zero-order valence-corrected chi connectivity index (χ0v) is 23.8. The molecule has 2 saturated heterocycles. The van der Waals surface area contributed by atoms with Crippen LogP contribution in [-0.4, -0.2) is 59.9 Å². The highest BCUT2D eigenvalue weighted by Gasteiger charge is 2.62. The van der Waals surface area contributed by atoms with Gasteiger partial charge in [0.1, 0.15) is 10.7 Å². The highest BCUT2D eigenvalue weighted by molar-refractivity contribution is 8.20. The minimum atomic E-state index is -1.83. The third-order valence-electron chi connectivity index (χ3n) is 8.08. The monoisotopic (exact) mass is 521 g/mol. The first-order chi connectivity index (χ1) is 16.0. The van der Waals surface area contributed by atoms with E-state index < -0.39 is 8.32 Å². The van der Waals surface area contributed by atoms with Crippen LogP contribution in [0.4, 0.5) is 4.79 Å². The molecule has 1 aromatic rings. The number of ketones is 1. The lowest BCUT2D eigenvalue weighted by Crippen LogP contribution is -2.45. The van der Waals surface area contributed by atoms with Crippen molar-refractivity contribution in [3.63, 3.8) is 0 Å². The number of rotatable bonds is 6. The van der Waals surface area contributed by atoms with Crippen molar-refractivity contribution >= 4 is 43.7 Å². The maximum atomic E-state index is 13.7. The van der Waals surface area contributed by atoms with Gasteiger partial charge >= 0.3 is 6.09 Å². The quantitative estimate of drug-likeness (QED) is 0.416. The van der Waals surface area contributed by atoms with Crippen LogP contribution in [-0.2, 0) is 20.6 Å². The summed E-state index contributed by atoms with van der Waals surface area (Å²) in [4.78, 5) is 28.7. The molecule has 2 heterocycles. The van der Waals surface area contributed by atoms with Crippen LogP contribution in [0.15, 0.2) is 30.3 Å². The summed E-state index contributed by atoms with van der Waals surface area (Å²) < 4.78 is 11.8. The Balaban J connectivity index is 1.47. The van der Waals surface area contributed by atoms with Crippen LogP contribution in [0.1, 0.15) is 45.6 Å². The smallest absolute Gasteiger partial charge is 0.410 e. The predicted molar refractivity (Wildman–Crippen MR) is 144 cm³/mol. The molecular weight excluding hydrogens is 483 g/mol. The van der Waals surface area contributed by atoms with E-state index >= 15 is 0 Å². The van der Waals surface area contributed by atoms with Crippen molar-refractivity contribution in [2.75, 3.05) is 24.7 Å². The fourth-order valence-electron chi connectivity index (χ4n) is 5.05. The van der Waals surface area contributed by atoms with Crippen LogP contribution in [0, 0.1) is 11.8 Å². The first-order valence-electron chi connectivity index (χ1n) is 12.5. The first kappa shape index (κ1) is 26.1. The van der Waals surface area contributed by atoms with Crippen molar-refractivity contribution < 1.29 is 18.8 Å². The summed E-state index contributed by atoms with van der Waals surface area (Å²) >= 11 is 3.61. The van der Waals surface area contributed by atoms with Crippen molar-refractivity contribution in [1.82, 2.24) is 4.90 Å². The average Bonchev–Trinajstić information content (AvgIpc) is 3.27. The molecule has 2 aliphatic heterocycles. The van der Waals surface area contributed by atoms with Gasteiger partial charge in [-0.25, -0.2) is 4.79 Å². The van der Waals surface area contributed by atoms with E-state index in [1.807, 2.05) is 30.3 Å². The van der Waals surface area contributed by atoms with E-state index in [1.165, 1.54) is 0 Å². The van der Waals surface area contributed by atoms with Crippen molar-refractivity contribution in [2.45, 2.75) is 74.9 Å². The highest BCUT2D eigenvalue weighted by Crippen LogP contribution is 2.57. The van der Waals surface area contributed by atoms with E-state index in [0.717, 1.165) is 36.3 Å². The zero-order chi connectivity index (χ0) is 24.6. The van der Waals surface area contributed by atoms with Gasteiger partial charge in [-0.05, 0) is 66.3 Å². The summed E-state index contributed by atoms with van der Waals surface area (Å²) in [5.41, 5.74) is 0.957. The minimum absolute atomic E-state index is 0.168. The summed E-state index contributed by atoms with van der Waals surface area (Å²) in [5.74, 6) is 2.74. The maximum absolute atomic E-state index is 13.7. The Hall–Kier alpha value is -0.963. The molecule has 8 heteroatoms. The normalized spacial score (nSPS) is 26.7. The Morgan fingerprint density at radius 1 is 1.18 bits per heavy atom. The number of carbonyl (C=O) groups excluding carboxylic acids is 2. The number of fused-ring (bicyclic) bond motifs is 1. The Morgan fingerprint density at radius 3 is 2.50 bits per heavy atom. The van der Waals surface area contributed by atoms with Crippen molar-refractivity contribution in [2.24, 2.45) is 11.8 Å². The van der Waals surface area contributed by atoms with Gasteiger partial charge in [0.05, 0.1) is 6.04 Å². The predicted octanol–water partition coefficient (Wildman–Crippen LogP) is 6.19. The standard InChI is InChI=1S/C26H39NO4S2Si/c1-25(2,3)34(4,5)31-13-12-20-17-27(24(29)30-18-19-10-7-6-8-11-19)22-21(20)16-26(23(22)28)32-14-9-15-33-26/h6-8,10-11,20-22H,9,12-18H2,1-5H3/t20-,21-,22+/m0/s1. The lowest BCUT2D eigenvalue weighted by Gasteiger charge is -2.36. The third kappa shape index (κ3) is 5.25. The van der Waals surface area contributed by atoms with Crippen molar-refractivity contribution in [1.29, 1.82) is 0 Å². The van der Waals surface area contributed by atoms with Gasteiger partial charge < -0.3 is 9.16 Å². The molecule has 0 radical (unpaired) electrons. The van der Waals surface area contributed by atoms with Gasteiger partial charge in [-0.3, -0.25) is 9.69 Å². The molecule has 1 amide bonds. The van der Waals surface area contributed by atoms with Gasteiger partial charge in [-0.1, -0.05) is 51.1 Å². The molecule has 1 saturated carbocycles. The summed E-state index contributed by atoms with van der Waals surface area (Å²) in [6, 6.07) is 9.37. The van der Waals surface area contributed by atoms with E-state index in [2.05, 4.69) is 33.9 Å². The molecular formula is C26H39NO4S2Si. The molecule has 4 rings (SSSR count). The second-order valence-electron chi connectivity index (χ2n) is 11.3. The van der Waals surface area contributed by atoms with Gasteiger partial charge in [0.25, 0.3) is 0 Å². The van der Waals surface area contributed by atoms with Gasteiger partial charge in [0.15, 0.2) is 14.1 Å². The molecule has 5 nitrogen and oxygen atoms in total. The van der Waals surface area contributed by atoms with Crippen molar-refractivity contribution in [3.05, 3.63) is 35.9 Å². The lowest BCUT2D eigenvalue weighted by molar-refractivity contribution is -0.121. The van der Waals surface area contributed by atoms with Gasteiger partial charge in [-0.15, -0.1) is 23.5 Å². The number of thioether (sulfide) groups is 2. The number of Topliss-reactive ketones (excluding diaryl/α,β-unsaturated/α-hetero) is 1. The molecule has 0 unspecified atom stereocenters. The summed E-state index contributed by atoms with van der Waals surface area (Å²) in [6.07, 6.45) is 2.53. The molecule has 188 valence electrons. The third-order valence-corrected chi connectivity index (χ3v) is 16.0. The second-order valence-corrected chi connectivity index (χ2v) is 19.2. The first-order valence-corrected chi connectivity index (χ1v) is 17.4. The number of hydrogen-bond donors (Lipinski definition) is 0. The molecule has 0 N–H and O–H groups in total. The van der Waals surface area contributed by atoms with Crippen LogP contribution in [0.3, 0.4) is 0 Å². The molecule has 3 atom stereocenters. The van der Waals surface area contributed by atoms with E-state index in [-0.39, 0.29) is 45.5 Å². The number of hydrogen-bond acceptors (Lipinski definition) is 6. The lowest BCUT2D eigenvalue weighted by atomic mass is 9.90. The Bertz CT molecular complexity index is 883. The minimum Gasteiger partial charge on any atom is -0.445 e. The molecule has 0 bridgehead atoms. The zero-order valence-electron chi connectivity index (χ0n) is 21.2. The number of amides is 1. The number of ether oxygens (including phenoxy) is 1. The average molecular weight is 522 g/mol. The largest absolute Gasteiger partial charge is 0.445 e. The second kappa shape index (κ2) is 10.2. The van der Waals surface area contributed by atoms with Crippen LogP contribution in [0.5, 0.6) is 0 Å². The number of likely N-dealkylation sites (tertiary alicyclic amines) is 1. The van der Waals surface area contributed by atoms with Crippen LogP contribution >= 0.6 is 23.5 Å². The van der Waals surface area contributed by atoms with E-state index in [0.29, 0.717) is 13.2 Å². The van der Waals surface area contributed by atoms with Crippen molar-refractivity contribution in [3.8, 4) is 0 Å². The molecule has 3 fully saturated rings. The fraction of sp³-hybridized carbons (Fsp3) is 0.692. The Labute approximate surface area is 214 Å². The Kier molecular flexibility index (Phi) is 7.82. The van der Waals surface area contributed by atoms with E-state index in [4.69, 9.17) is 9.16 Å². The van der Waals surface area contributed by atoms with Crippen LogP contribution in [0.2, 0.25) is 18.1 Å². The summed E-state index contributed by atoms with van der Waals surface area (Å²) in [5, 5.41) is 0.168. The molecule has 1 aromatic carbocycles. The number of nitrogens with zero attached hydrogens (tertiary/aromatic N) is 1. The summed E-state index contributed by atoms with van der Waals surface area (Å²) in [6.45, 7) is 12.8. The Morgan fingerprint density at radius 2 is 1.85 bits per heavy atom. The molecule has 1 spiro atoms.